The molecule has 30 heavy (non-hydrogen) atoms. The van der Waals surface area contributed by atoms with Gasteiger partial charge in [0, 0.05) is 26.4 Å². The number of thioether (sulfide) groups is 1. The first kappa shape index (κ1) is 21.9. The lowest BCUT2D eigenvalue weighted by atomic mass is 10.2. The Morgan fingerprint density at radius 2 is 1.80 bits per heavy atom. The van der Waals surface area contributed by atoms with Crippen molar-refractivity contribution in [1.82, 2.24) is 5.43 Å². The predicted octanol–water partition coefficient (Wildman–Crippen LogP) is 5.64. The fourth-order valence-electron chi connectivity index (χ4n) is 2.35. The number of carbonyl (C=O) groups excluding carboxylic acids is 1. The number of amides is 1. The summed E-state index contributed by atoms with van der Waals surface area (Å²) in [4.78, 5) is 25.3. The minimum absolute atomic E-state index is 0.0163. The molecule has 6 nitrogen and oxygen atoms in total. The highest BCUT2D eigenvalue weighted by Crippen LogP contribution is 2.35. The molecule has 0 aromatic heterocycles. The summed E-state index contributed by atoms with van der Waals surface area (Å²) >= 11 is 8.51. The number of rotatable bonds is 8. The monoisotopic (exact) mass is 457 g/mol. The zero-order valence-electron chi connectivity index (χ0n) is 15.5. The quantitative estimate of drug-likeness (QED) is 0.205. The third kappa shape index (κ3) is 6.62. The molecular weight excluding hydrogens is 442 g/mol. The van der Waals surface area contributed by atoms with Crippen LogP contribution in [0.15, 0.2) is 92.6 Å². The molecule has 1 N–H and O–H groups in total. The van der Waals surface area contributed by atoms with E-state index in [4.69, 9.17) is 11.6 Å². The minimum atomic E-state index is -0.427. The Morgan fingerprint density at radius 3 is 2.50 bits per heavy atom. The van der Waals surface area contributed by atoms with Crippen LogP contribution in [0.25, 0.3) is 0 Å². The third-order valence-electron chi connectivity index (χ3n) is 3.74. The highest BCUT2D eigenvalue weighted by molar-refractivity contribution is 8.00. The molecule has 152 valence electrons. The summed E-state index contributed by atoms with van der Waals surface area (Å²) < 4.78 is 0. The van der Waals surface area contributed by atoms with Crippen molar-refractivity contribution >= 4 is 52.9 Å². The van der Waals surface area contributed by atoms with Crippen LogP contribution in [0.3, 0.4) is 0 Å². The molecule has 1 amide bonds. The van der Waals surface area contributed by atoms with Gasteiger partial charge in [0.25, 0.3) is 5.69 Å². The van der Waals surface area contributed by atoms with Crippen LogP contribution in [0.4, 0.5) is 5.69 Å². The fourth-order valence-corrected chi connectivity index (χ4v) is 4.09. The Labute approximate surface area is 186 Å². The lowest BCUT2D eigenvalue weighted by Crippen LogP contribution is -2.19. The average Bonchev–Trinajstić information content (AvgIpc) is 2.75. The Hall–Kier alpha value is -2.81. The number of carbonyl (C=O) groups is 1. The third-order valence-corrected chi connectivity index (χ3v) is 6.07. The Morgan fingerprint density at radius 1 is 1.07 bits per heavy atom. The van der Waals surface area contributed by atoms with Crippen molar-refractivity contribution in [2.24, 2.45) is 5.10 Å². The molecule has 3 aromatic rings. The van der Waals surface area contributed by atoms with E-state index < -0.39 is 4.92 Å². The SMILES string of the molecule is O=C(CSc1ccc(Cl)cc1)N/N=C/c1ccc(Sc2ccccc2)c([N+](=O)[O-])c1. The van der Waals surface area contributed by atoms with Gasteiger partial charge in [-0.2, -0.15) is 5.10 Å². The highest BCUT2D eigenvalue weighted by Gasteiger charge is 2.15. The summed E-state index contributed by atoms with van der Waals surface area (Å²) in [6.45, 7) is 0. The lowest BCUT2D eigenvalue weighted by Gasteiger charge is -2.04. The van der Waals surface area contributed by atoms with Gasteiger partial charge in [0.15, 0.2) is 0 Å². The van der Waals surface area contributed by atoms with E-state index in [-0.39, 0.29) is 17.3 Å². The normalized spacial score (nSPS) is 10.8. The van der Waals surface area contributed by atoms with Crippen LogP contribution in [-0.2, 0) is 4.79 Å². The van der Waals surface area contributed by atoms with Crippen molar-refractivity contribution in [2.75, 3.05) is 5.75 Å². The van der Waals surface area contributed by atoms with E-state index in [0.717, 1.165) is 9.79 Å². The van der Waals surface area contributed by atoms with Gasteiger partial charge in [0.2, 0.25) is 5.91 Å². The molecule has 0 aliphatic carbocycles. The van der Waals surface area contributed by atoms with Crippen LogP contribution < -0.4 is 5.43 Å². The van der Waals surface area contributed by atoms with Crippen LogP contribution in [0.2, 0.25) is 5.02 Å². The second kappa shape index (κ2) is 10.8. The number of hydrazone groups is 1. The van der Waals surface area contributed by atoms with E-state index in [1.807, 2.05) is 42.5 Å². The Kier molecular flexibility index (Phi) is 7.89. The molecular formula is C21H16ClN3O3S2. The van der Waals surface area contributed by atoms with Crippen LogP contribution in [-0.4, -0.2) is 22.8 Å². The minimum Gasteiger partial charge on any atom is -0.272 e. The smallest absolute Gasteiger partial charge is 0.272 e. The van der Waals surface area contributed by atoms with Crippen molar-refractivity contribution in [1.29, 1.82) is 0 Å². The van der Waals surface area contributed by atoms with Crippen molar-refractivity contribution in [3.63, 3.8) is 0 Å². The second-order valence-corrected chi connectivity index (χ2v) is 8.54. The molecule has 0 aliphatic rings. The average molecular weight is 458 g/mol. The van der Waals surface area contributed by atoms with Crippen molar-refractivity contribution < 1.29 is 9.72 Å². The van der Waals surface area contributed by atoms with Crippen LogP contribution in [0, 0.1) is 10.1 Å². The van der Waals surface area contributed by atoms with Crippen LogP contribution in [0.5, 0.6) is 0 Å². The summed E-state index contributed by atoms with van der Waals surface area (Å²) in [7, 11) is 0. The number of hydrogen-bond acceptors (Lipinski definition) is 6. The van der Waals surface area contributed by atoms with Crippen LogP contribution in [0.1, 0.15) is 5.56 Å². The van der Waals surface area contributed by atoms with Gasteiger partial charge in [-0.25, -0.2) is 5.43 Å². The molecule has 0 heterocycles. The zero-order valence-corrected chi connectivity index (χ0v) is 17.9. The van der Waals surface area contributed by atoms with E-state index in [2.05, 4.69) is 10.5 Å². The van der Waals surface area contributed by atoms with Crippen molar-refractivity contribution in [3.8, 4) is 0 Å². The van der Waals surface area contributed by atoms with Gasteiger partial charge in [-0.3, -0.25) is 14.9 Å². The van der Waals surface area contributed by atoms with Gasteiger partial charge in [-0.15, -0.1) is 11.8 Å². The van der Waals surface area contributed by atoms with Gasteiger partial charge < -0.3 is 0 Å². The molecule has 3 rings (SSSR count). The lowest BCUT2D eigenvalue weighted by molar-refractivity contribution is -0.387. The summed E-state index contributed by atoms with van der Waals surface area (Å²) in [6, 6.07) is 21.4. The summed E-state index contributed by atoms with van der Waals surface area (Å²) in [6.07, 6.45) is 1.38. The molecule has 0 fully saturated rings. The predicted molar refractivity (Wildman–Crippen MR) is 122 cm³/mol. The van der Waals surface area contributed by atoms with Gasteiger partial charge in [-0.1, -0.05) is 47.6 Å². The van der Waals surface area contributed by atoms with E-state index in [1.165, 1.54) is 35.8 Å². The molecule has 0 spiro atoms. The van der Waals surface area contributed by atoms with E-state index in [0.29, 0.717) is 15.5 Å². The van der Waals surface area contributed by atoms with Crippen molar-refractivity contribution in [2.45, 2.75) is 14.7 Å². The first-order valence-corrected chi connectivity index (χ1v) is 10.9. The molecule has 9 heteroatoms. The standard InChI is InChI=1S/C21H16ClN3O3S2/c22-16-7-9-17(10-8-16)29-14-21(26)24-23-13-15-6-11-20(19(12-15)25(27)28)30-18-4-2-1-3-5-18/h1-13H,14H2,(H,24,26)/b23-13+. The maximum atomic E-state index is 11.9. The summed E-state index contributed by atoms with van der Waals surface area (Å²) in [5.74, 6) is -0.0943. The molecule has 0 bridgehead atoms. The second-order valence-electron chi connectivity index (χ2n) is 5.94. The van der Waals surface area contributed by atoms with Gasteiger partial charge >= 0.3 is 0 Å². The zero-order chi connectivity index (χ0) is 21.3. The number of benzene rings is 3. The molecule has 0 aliphatic heterocycles. The number of hydrogen-bond donors (Lipinski definition) is 1. The first-order chi connectivity index (χ1) is 14.5. The molecule has 0 atom stereocenters. The largest absolute Gasteiger partial charge is 0.283 e. The number of nitrogens with one attached hydrogen (secondary N) is 1. The first-order valence-electron chi connectivity index (χ1n) is 8.73. The Balaban J connectivity index is 1.59. The summed E-state index contributed by atoms with van der Waals surface area (Å²) in [5.41, 5.74) is 2.93. The van der Waals surface area contributed by atoms with E-state index in [9.17, 15) is 14.9 Å². The maximum absolute atomic E-state index is 11.9. The fraction of sp³-hybridized carbons (Fsp3) is 0.0476. The van der Waals surface area contributed by atoms with E-state index >= 15 is 0 Å². The van der Waals surface area contributed by atoms with Gasteiger partial charge in [-0.05, 0) is 42.5 Å². The molecule has 3 aromatic carbocycles. The Bertz CT molecular complexity index is 1060. The molecule has 0 unspecified atom stereocenters. The maximum Gasteiger partial charge on any atom is 0.283 e. The number of nitro benzene ring substituents is 1. The van der Waals surface area contributed by atoms with E-state index in [1.54, 1.807) is 24.3 Å². The topological polar surface area (TPSA) is 84.6 Å². The van der Waals surface area contributed by atoms with Gasteiger partial charge in [0.05, 0.1) is 21.8 Å². The molecule has 0 saturated heterocycles. The van der Waals surface area contributed by atoms with Crippen molar-refractivity contribution in [3.05, 3.63) is 93.5 Å². The highest BCUT2D eigenvalue weighted by atomic mass is 35.5. The number of halogens is 1. The number of nitro groups is 1. The summed E-state index contributed by atoms with van der Waals surface area (Å²) in [5, 5.41) is 16.0. The van der Waals surface area contributed by atoms with Crippen LogP contribution >= 0.6 is 35.1 Å². The van der Waals surface area contributed by atoms with Gasteiger partial charge in [0.1, 0.15) is 0 Å². The molecule has 0 saturated carbocycles. The molecule has 0 radical (unpaired) electrons. The number of nitrogens with zero attached hydrogens (tertiary/aromatic N) is 2.